The monoisotopic (exact) mass is 566 g/mol. The number of carbonyl (C=O) groups excluding carboxylic acids is 1. The summed E-state index contributed by atoms with van der Waals surface area (Å²) in [6, 6.07) is 9.45. The summed E-state index contributed by atoms with van der Waals surface area (Å²) < 4.78 is 37.0. The van der Waals surface area contributed by atoms with Crippen LogP contribution in [0, 0.1) is 11.8 Å². The zero-order valence-corrected chi connectivity index (χ0v) is 22.5. The summed E-state index contributed by atoms with van der Waals surface area (Å²) in [6.45, 7) is 8.63. The second-order valence-electron chi connectivity index (χ2n) is 8.51. The van der Waals surface area contributed by atoms with Crippen molar-refractivity contribution in [3.05, 3.63) is 35.9 Å². The number of hydrogen-bond acceptors (Lipinski definition) is 10. The average molecular weight is 567 g/mol. The Hall–Kier alpha value is -4.32. The lowest BCUT2D eigenvalue weighted by Gasteiger charge is -2.33. The molecule has 2 aromatic rings. The third-order valence-electron chi connectivity index (χ3n) is 5.37. The molecule has 1 amide bonds. The summed E-state index contributed by atoms with van der Waals surface area (Å²) in [5.41, 5.74) is 0.940. The maximum absolute atomic E-state index is 12.0. The summed E-state index contributed by atoms with van der Waals surface area (Å²) >= 11 is 0. The highest BCUT2D eigenvalue weighted by atomic mass is 19.4. The lowest BCUT2D eigenvalue weighted by atomic mass is 10.2. The quantitative estimate of drug-likeness (QED) is 0.332. The van der Waals surface area contributed by atoms with Crippen molar-refractivity contribution in [2.24, 2.45) is 0 Å². The van der Waals surface area contributed by atoms with E-state index in [4.69, 9.17) is 14.6 Å². The first-order valence-corrected chi connectivity index (χ1v) is 12.3. The maximum Gasteiger partial charge on any atom is 0.490 e. The third-order valence-corrected chi connectivity index (χ3v) is 5.37. The number of ether oxygens (including phenoxy) is 1. The van der Waals surface area contributed by atoms with Gasteiger partial charge in [0.2, 0.25) is 17.8 Å². The molecular formula is C25H33F3N8O4. The van der Waals surface area contributed by atoms with Crippen molar-refractivity contribution in [1.82, 2.24) is 25.2 Å². The summed E-state index contributed by atoms with van der Waals surface area (Å²) in [7, 11) is 1.78. The third kappa shape index (κ3) is 11.6. The second-order valence-corrected chi connectivity index (χ2v) is 8.51. The molecule has 1 aromatic heterocycles. The molecule has 15 heteroatoms. The molecule has 1 aliphatic rings. The van der Waals surface area contributed by atoms with Crippen molar-refractivity contribution >= 4 is 29.9 Å². The number of halogens is 3. The summed E-state index contributed by atoms with van der Waals surface area (Å²) in [4.78, 5) is 38.9. The number of aliphatic carboxylic acids is 1. The van der Waals surface area contributed by atoms with Crippen LogP contribution < -0.4 is 20.9 Å². The largest absolute Gasteiger partial charge is 0.490 e. The maximum atomic E-state index is 12.0. The second kappa shape index (κ2) is 15.9. The van der Waals surface area contributed by atoms with Gasteiger partial charge in [0.05, 0.1) is 6.54 Å². The molecule has 0 aliphatic carbocycles. The highest BCUT2D eigenvalue weighted by Crippen LogP contribution is 2.16. The lowest BCUT2D eigenvalue weighted by molar-refractivity contribution is -0.192. The Balaban J connectivity index is 0.000000708. The van der Waals surface area contributed by atoms with Crippen LogP contribution in [-0.2, 0) is 16.1 Å². The fourth-order valence-corrected chi connectivity index (χ4v) is 3.26. The van der Waals surface area contributed by atoms with E-state index < -0.39 is 18.2 Å². The molecule has 1 fully saturated rings. The van der Waals surface area contributed by atoms with Gasteiger partial charge >= 0.3 is 18.2 Å². The number of amides is 1. The lowest BCUT2D eigenvalue weighted by Crippen LogP contribution is -2.47. The van der Waals surface area contributed by atoms with E-state index in [1.165, 1.54) is 0 Å². The summed E-state index contributed by atoms with van der Waals surface area (Å²) in [6.07, 6.45) is -5.55. The Morgan fingerprint density at radius 1 is 1.10 bits per heavy atom. The summed E-state index contributed by atoms with van der Waals surface area (Å²) in [5, 5.41) is 16.1. The van der Waals surface area contributed by atoms with E-state index in [9.17, 15) is 18.0 Å². The number of rotatable bonds is 9. The van der Waals surface area contributed by atoms with Crippen LogP contribution in [0.15, 0.2) is 30.3 Å². The SMILES string of the molecule is CC#CCN1CCN(c2nc(NC)nc(N[C@@H](C)CNC(=O)OCc3ccccc3)n2)CC1.O=C(O)C(F)(F)F. The van der Waals surface area contributed by atoms with E-state index in [1.807, 2.05) is 44.2 Å². The van der Waals surface area contributed by atoms with Gasteiger partial charge in [0.15, 0.2) is 0 Å². The van der Waals surface area contributed by atoms with Gasteiger partial charge in [-0.3, -0.25) is 4.90 Å². The van der Waals surface area contributed by atoms with Crippen LogP contribution in [0.4, 0.5) is 35.8 Å². The first-order chi connectivity index (χ1) is 19.0. The number of piperazine rings is 1. The molecule has 1 aromatic carbocycles. The number of carbonyl (C=O) groups is 2. The normalized spacial score (nSPS) is 14.0. The van der Waals surface area contributed by atoms with Gasteiger partial charge in [-0.05, 0) is 19.4 Å². The van der Waals surface area contributed by atoms with Gasteiger partial charge in [0, 0.05) is 45.8 Å². The van der Waals surface area contributed by atoms with E-state index in [0.29, 0.717) is 24.4 Å². The van der Waals surface area contributed by atoms with Gasteiger partial charge in [-0.1, -0.05) is 36.3 Å². The number of hydrogen-bond donors (Lipinski definition) is 4. The number of nitrogens with one attached hydrogen (secondary N) is 3. The molecule has 0 unspecified atom stereocenters. The average Bonchev–Trinajstić information content (AvgIpc) is 2.94. The molecule has 3 rings (SSSR count). The van der Waals surface area contributed by atoms with Crippen molar-refractivity contribution in [2.45, 2.75) is 32.7 Å². The van der Waals surface area contributed by atoms with Gasteiger partial charge in [-0.15, -0.1) is 5.92 Å². The van der Waals surface area contributed by atoms with E-state index in [2.05, 4.69) is 52.5 Å². The number of benzene rings is 1. The minimum atomic E-state index is -5.08. The number of alkyl carbamates (subject to hydrolysis) is 1. The first kappa shape index (κ1) is 31.9. The van der Waals surface area contributed by atoms with Crippen LogP contribution in [0.2, 0.25) is 0 Å². The van der Waals surface area contributed by atoms with Crippen LogP contribution in [0.25, 0.3) is 0 Å². The van der Waals surface area contributed by atoms with Gasteiger partial charge < -0.3 is 30.7 Å². The van der Waals surface area contributed by atoms with E-state index >= 15 is 0 Å². The first-order valence-electron chi connectivity index (χ1n) is 12.3. The van der Waals surface area contributed by atoms with E-state index in [1.54, 1.807) is 7.05 Å². The molecule has 40 heavy (non-hydrogen) atoms. The number of alkyl halides is 3. The fraction of sp³-hybridized carbons (Fsp3) is 0.480. The summed E-state index contributed by atoms with van der Waals surface area (Å²) in [5.74, 6) is 4.87. The van der Waals surface area contributed by atoms with Crippen molar-refractivity contribution in [2.75, 3.05) is 61.8 Å². The number of nitrogens with zero attached hydrogens (tertiary/aromatic N) is 5. The number of carboxylic acids is 1. The molecule has 0 bridgehead atoms. The predicted molar refractivity (Wildman–Crippen MR) is 143 cm³/mol. The Morgan fingerprint density at radius 2 is 1.73 bits per heavy atom. The molecule has 218 valence electrons. The van der Waals surface area contributed by atoms with Crippen molar-refractivity contribution < 1.29 is 32.6 Å². The highest BCUT2D eigenvalue weighted by Gasteiger charge is 2.38. The molecule has 0 radical (unpaired) electrons. The van der Waals surface area contributed by atoms with Crippen molar-refractivity contribution in [1.29, 1.82) is 0 Å². The molecule has 0 spiro atoms. The molecular weight excluding hydrogens is 533 g/mol. The Morgan fingerprint density at radius 3 is 2.30 bits per heavy atom. The molecule has 1 saturated heterocycles. The zero-order valence-electron chi connectivity index (χ0n) is 22.5. The van der Waals surface area contributed by atoms with Crippen LogP contribution in [0.1, 0.15) is 19.4 Å². The number of carboxylic acid groups (broad SMARTS) is 1. The van der Waals surface area contributed by atoms with Crippen LogP contribution >= 0.6 is 0 Å². The Kier molecular flexibility index (Phi) is 12.7. The highest BCUT2D eigenvalue weighted by molar-refractivity contribution is 5.73. The van der Waals surface area contributed by atoms with Crippen molar-refractivity contribution in [3.63, 3.8) is 0 Å². The Bertz CT molecular complexity index is 1150. The molecule has 4 N–H and O–H groups in total. The molecule has 2 heterocycles. The predicted octanol–water partition coefficient (Wildman–Crippen LogP) is 2.42. The number of anilines is 3. The van der Waals surface area contributed by atoms with Gasteiger partial charge in [-0.2, -0.15) is 28.1 Å². The van der Waals surface area contributed by atoms with Gasteiger partial charge in [0.25, 0.3) is 0 Å². The van der Waals surface area contributed by atoms with Gasteiger partial charge in [-0.25, -0.2) is 9.59 Å². The van der Waals surface area contributed by atoms with Crippen molar-refractivity contribution in [3.8, 4) is 11.8 Å². The molecule has 1 aliphatic heterocycles. The molecule has 1 atom stereocenters. The minimum absolute atomic E-state index is 0.112. The zero-order chi connectivity index (χ0) is 29.5. The topological polar surface area (TPSA) is 145 Å². The molecule has 0 saturated carbocycles. The minimum Gasteiger partial charge on any atom is -0.475 e. The number of aromatic nitrogens is 3. The van der Waals surface area contributed by atoms with E-state index in [0.717, 1.165) is 38.3 Å². The van der Waals surface area contributed by atoms with E-state index in [-0.39, 0.29) is 12.6 Å². The fourth-order valence-electron chi connectivity index (χ4n) is 3.26. The standard InChI is InChI=1S/C23H32N8O2.C2HF3O2/c1-4-5-11-30-12-14-31(15-13-30)22-28-20(24-3)27-21(29-22)26-18(2)16-25-23(32)33-17-19-9-7-6-8-10-19;3-2(4,5)1(6)7/h6-10,18H,11-17H2,1-3H3,(H,25,32)(H2,24,26,27,28,29);(H,6,7)/t18-;/m0./s1. The van der Waals surface area contributed by atoms with Crippen LogP contribution in [0.3, 0.4) is 0 Å². The van der Waals surface area contributed by atoms with Crippen LogP contribution in [-0.4, -0.2) is 95.6 Å². The smallest absolute Gasteiger partial charge is 0.475 e. The Labute approximate surface area is 230 Å². The molecule has 12 nitrogen and oxygen atoms in total. The van der Waals surface area contributed by atoms with Gasteiger partial charge in [0.1, 0.15) is 6.61 Å². The van der Waals surface area contributed by atoms with Crippen LogP contribution in [0.5, 0.6) is 0 Å².